The Kier molecular flexibility index (Phi) is 5.95. The summed E-state index contributed by atoms with van der Waals surface area (Å²) < 4.78 is 8.92. The number of hydrogen-bond donors (Lipinski definition) is 3. The fourth-order valence-electron chi connectivity index (χ4n) is 3.45. The second kappa shape index (κ2) is 8.15. The standard InChI is InChI=1S/C19H23N3O7S/c1-9(23)28-8-29-18(27)14-19(2,3)30-17-13(16(26)22(14)17)21-15(25)12(20)10-4-6-11(24)7-5-10/h4-7,12-14,17,24H,8,20H2,1-3H3,(H,21,25)/t12?,13?,14-,17+/m0/s1. The molecular formula is C19H23N3O7S. The number of nitrogens with zero attached hydrogens (tertiary/aromatic N) is 1. The summed E-state index contributed by atoms with van der Waals surface area (Å²) >= 11 is 1.37. The van der Waals surface area contributed by atoms with E-state index in [-0.39, 0.29) is 5.75 Å². The third-order valence-corrected chi connectivity index (χ3v) is 6.53. The molecule has 2 fully saturated rings. The Hall–Kier alpha value is -2.79. The summed E-state index contributed by atoms with van der Waals surface area (Å²) in [7, 11) is 0. The highest BCUT2D eigenvalue weighted by molar-refractivity contribution is 8.01. The molecule has 1 aromatic carbocycles. The van der Waals surface area contributed by atoms with Gasteiger partial charge < -0.3 is 30.5 Å². The molecule has 4 N–H and O–H groups in total. The van der Waals surface area contributed by atoms with Crippen LogP contribution in [0.2, 0.25) is 0 Å². The molecule has 2 amide bonds. The van der Waals surface area contributed by atoms with Crippen LogP contribution in [0.4, 0.5) is 0 Å². The quantitative estimate of drug-likeness (QED) is 0.318. The van der Waals surface area contributed by atoms with Gasteiger partial charge in [-0.3, -0.25) is 14.4 Å². The molecule has 0 bridgehead atoms. The number of thioether (sulfide) groups is 1. The van der Waals surface area contributed by atoms with Gasteiger partial charge in [0.05, 0.1) is 0 Å². The lowest BCUT2D eigenvalue weighted by atomic mass is 9.95. The van der Waals surface area contributed by atoms with E-state index in [2.05, 4.69) is 10.1 Å². The topological polar surface area (TPSA) is 148 Å². The number of nitrogens with two attached hydrogens (primary N) is 1. The van der Waals surface area contributed by atoms with Crippen molar-refractivity contribution >= 4 is 35.5 Å². The van der Waals surface area contributed by atoms with Gasteiger partial charge in [0.15, 0.2) is 0 Å². The van der Waals surface area contributed by atoms with Crippen molar-refractivity contribution in [3.63, 3.8) is 0 Å². The summed E-state index contributed by atoms with van der Waals surface area (Å²) in [6.07, 6.45) is 0. The Balaban J connectivity index is 1.65. The Morgan fingerprint density at radius 1 is 1.27 bits per heavy atom. The predicted molar refractivity (Wildman–Crippen MR) is 106 cm³/mol. The van der Waals surface area contributed by atoms with Gasteiger partial charge in [-0.05, 0) is 31.5 Å². The summed E-state index contributed by atoms with van der Waals surface area (Å²) in [6, 6.07) is 3.16. The van der Waals surface area contributed by atoms with Crippen molar-refractivity contribution in [3.05, 3.63) is 29.8 Å². The average molecular weight is 437 g/mol. The summed E-state index contributed by atoms with van der Waals surface area (Å²) in [6.45, 7) is 4.25. The third-order valence-electron chi connectivity index (χ3n) is 4.96. The van der Waals surface area contributed by atoms with Crippen molar-refractivity contribution in [2.75, 3.05) is 6.79 Å². The van der Waals surface area contributed by atoms with Crippen LogP contribution < -0.4 is 11.1 Å². The molecule has 10 nitrogen and oxygen atoms in total. The Labute approximate surface area is 177 Å². The fraction of sp³-hybridized carbons (Fsp3) is 0.474. The van der Waals surface area contributed by atoms with E-state index < -0.39 is 58.8 Å². The number of fused-ring (bicyclic) bond motifs is 1. The van der Waals surface area contributed by atoms with Crippen LogP contribution >= 0.6 is 11.8 Å². The number of esters is 2. The van der Waals surface area contributed by atoms with E-state index in [1.54, 1.807) is 13.8 Å². The SMILES string of the molecule is CC(=O)OCOC(=O)[C@@H]1N2C(=O)C(NC(=O)C(N)c3ccc(O)cc3)[C@H]2SC1(C)C. The van der Waals surface area contributed by atoms with Crippen LogP contribution in [0.3, 0.4) is 0 Å². The summed E-state index contributed by atoms with van der Waals surface area (Å²) in [5, 5.41) is 11.5. The molecule has 2 unspecified atom stereocenters. The molecule has 2 heterocycles. The first kappa shape index (κ1) is 21.9. The lowest BCUT2D eigenvalue weighted by Crippen LogP contribution is -2.71. The van der Waals surface area contributed by atoms with E-state index >= 15 is 0 Å². The summed E-state index contributed by atoms with van der Waals surface area (Å²) in [5.41, 5.74) is 6.45. The lowest BCUT2D eigenvalue weighted by molar-refractivity contribution is -0.175. The maximum Gasteiger partial charge on any atom is 0.333 e. The molecule has 0 radical (unpaired) electrons. The molecule has 1 aromatic rings. The number of amides is 2. The van der Waals surface area contributed by atoms with Gasteiger partial charge in [0.1, 0.15) is 29.2 Å². The van der Waals surface area contributed by atoms with E-state index in [1.807, 2.05) is 0 Å². The zero-order valence-corrected chi connectivity index (χ0v) is 17.5. The second-order valence-electron chi connectivity index (χ2n) is 7.53. The average Bonchev–Trinajstić information content (AvgIpc) is 2.93. The van der Waals surface area contributed by atoms with Gasteiger partial charge in [0.25, 0.3) is 0 Å². The highest BCUT2D eigenvalue weighted by Crippen LogP contribution is 2.51. The molecule has 4 atom stereocenters. The molecule has 2 saturated heterocycles. The number of aromatic hydroxyl groups is 1. The Morgan fingerprint density at radius 2 is 1.90 bits per heavy atom. The molecule has 0 aromatic heterocycles. The molecule has 2 aliphatic heterocycles. The minimum atomic E-state index is -1.02. The number of nitrogens with one attached hydrogen (secondary N) is 1. The Bertz CT molecular complexity index is 873. The molecule has 3 rings (SSSR count). The van der Waals surface area contributed by atoms with Crippen LogP contribution in [0.25, 0.3) is 0 Å². The zero-order valence-electron chi connectivity index (χ0n) is 16.7. The number of rotatable bonds is 6. The van der Waals surface area contributed by atoms with Crippen LogP contribution in [0.15, 0.2) is 24.3 Å². The summed E-state index contributed by atoms with van der Waals surface area (Å²) in [4.78, 5) is 49.9. The van der Waals surface area contributed by atoms with E-state index in [4.69, 9.17) is 10.5 Å². The van der Waals surface area contributed by atoms with Crippen LogP contribution in [-0.4, -0.2) is 62.8 Å². The number of benzene rings is 1. The maximum atomic E-state index is 12.7. The van der Waals surface area contributed by atoms with Crippen LogP contribution in [0.1, 0.15) is 32.4 Å². The number of ether oxygens (including phenoxy) is 2. The molecule has 11 heteroatoms. The number of carbonyl (C=O) groups excluding carboxylic acids is 4. The molecule has 0 spiro atoms. The first-order chi connectivity index (χ1) is 14.0. The van der Waals surface area contributed by atoms with E-state index in [0.29, 0.717) is 5.56 Å². The smallest absolute Gasteiger partial charge is 0.333 e. The fourth-order valence-corrected chi connectivity index (χ4v) is 5.07. The van der Waals surface area contributed by atoms with Gasteiger partial charge in [-0.15, -0.1) is 11.8 Å². The minimum absolute atomic E-state index is 0.0485. The highest BCUT2D eigenvalue weighted by atomic mass is 32.2. The van der Waals surface area contributed by atoms with Crippen LogP contribution in [-0.2, 0) is 28.7 Å². The van der Waals surface area contributed by atoms with Crippen molar-refractivity contribution in [1.29, 1.82) is 0 Å². The third kappa shape index (κ3) is 4.08. The molecular weight excluding hydrogens is 414 g/mol. The molecule has 30 heavy (non-hydrogen) atoms. The van der Waals surface area contributed by atoms with Gasteiger partial charge in [-0.2, -0.15) is 0 Å². The van der Waals surface area contributed by atoms with Crippen molar-refractivity contribution < 1.29 is 33.8 Å². The number of hydrogen-bond acceptors (Lipinski definition) is 9. The summed E-state index contributed by atoms with van der Waals surface area (Å²) in [5.74, 6) is -2.19. The Morgan fingerprint density at radius 3 is 2.50 bits per heavy atom. The molecule has 0 aliphatic carbocycles. The van der Waals surface area contributed by atoms with Gasteiger partial charge in [0, 0.05) is 11.7 Å². The maximum absolute atomic E-state index is 12.7. The van der Waals surface area contributed by atoms with E-state index in [0.717, 1.165) is 0 Å². The van der Waals surface area contributed by atoms with Crippen molar-refractivity contribution in [2.24, 2.45) is 5.73 Å². The van der Waals surface area contributed by atoms with Gasteiger partial charge in [0.2, 0.25) is 18.6 Å². The lowest BCUT2D eigenvalue weighted by Gasteiger charge is -2.44. The number of carbonyl (C=O) groups is 4. The predicted octanol–water partition coefficient (Wildman–Crippen LogP) is 0.00290. The van der Waals surface area contributed by atoms with Crippen LogP contribution in [0, 0.1) is 0 Å². The highest BCUT2D eigenvalue weighted by Gasteiger charge is 2.64. The second-order valence-corrected chi connectivity index (χ2v) is 9.30. The van der Waals surface area contributed by atoms with E-state index in [1.165, 1.54) is 47.9 Å². The van der Waals surface area contributed by atoms with E-state index in [9.17, 15) is 24.3 Å². The zero-order chi connectivity index (χ0) is 22.2. The van der Waals surface area contributed by atoms with Crippen molar-refractivity contribution in [3.8, 4) is 5.75 Å². The van der Waals surface area contributed by atoms with Crippen molar-refractivity contribution in [1.82, 2.24) is 10.2 Å². The number of β-lactam (4-membered cyclic amide) rings is 1. The van der Waals surface area contributed by atoms with Gasteiger partial charge in [-0.25, -0.2) is 4.79 Å². The molecule has 2 aliphatic rings. The normalized spacial score (nSPS) is 25.0. The van der Waals surface area contributed by atoms with Gasteiger partial charge in [-0.1, -0.05) is 12.1 Å². The largest absolute Gasteiger partial charge is 0.508 e. The van der Waals surface area contributed by atoms with Gasteiger partial charge >= 0.3 is 11.9 Å². The molecule has 162 valence electrons. The number of phenols is 1. The van der Waals surface area contributed by atoms with Crippen LogP contribution in [0.5, 0.6) is 5.75 Å². The number of phenolic OH excluding ortho intramolecular Hbond substituents is 1. The minimum Gasteiger partial charge on any atom is -0.508 e. The molecule has 0 saturated carbocycles. The van der Waals surface area contributed by atoms with Crippen molar-refractivity contribution in [2.45, 2.75) is 49.0 Å². The monoisotopic (exact) mass is 437 g/mol. The first-order valence-corrected chi connectivity index (χ1v) is 10.1. The first-order valence-electron chi connectivity index (χ1n) is 9.18.